The summed E-state index contributed by atoms with van der Waals surface area (Å²) in [6.07, 6.45) is 0.379. The molecule has 0 spiro atoms. The van der Waals surface area contributed by atoms with E-state index in [9.17, 15) is 14.9 Å². The van der Waals surface area contributed by atoms with E-state index >= 15 is 0 Å². The third-order valence-corrected chi connectivity index (χ3v) is 5.81. The molecule has 2 aromatic rings. The lowest BCUT2D eigenvalue weighted by atomic mass is 10.2. The molecule has 8 nitrogen and oxygen atoms in total. The number of nitrogens with one attached hydrogen (secondary N) is 1. The van der Waals surface area contributed by atoms with E-state index in [4.69, 9.17) is 4.74 Å². The van der Waals surface area contributed by atoms with Crippen LogP contribution in [-0.2, 0) is 11.3 Å². The number of thiazole rings is 1. The highest BCUT2D eigenvalue weighted by atomic mass is 32.1. The second-order valence-electron chi connectivity index (χ2n) is 6.36. The summed E-state index contributed by atoms with van der Waals surface area (Å²) in [6.45, 7) is 8.14. The van der Waals surface area contributed by atoms with Crippen molar-refractivity contribution in [3.05, 3.63) is 37.0 Å². The number of hydrogen-bond donors (Lipinski definition) is 1. The zero-order valence-corrected chi connectivity index (χ0v) is 16.4. The van der Waals surface area contributed by atoms with Gasteiger partial charge in [0.1, 0.15) is 0 Å². The Balaban J connectivity index is 1.62. The van der Waals surface area contributed by atoms with Crippen LogP contribution in [0.1, 0.15) is 34.1 Å². The first-order valence-corrected chi connectivity index (χ1v) is 9.90. The second-order valence-corrected chi connectivity index (χ2v) is 8.47. The van der Waals surface area contributed by atoms with Crippen LogP contribution in [0.25, 0.3) is 0 Å². The number of morpholine rings is 1. The smallest absolute Gasteiger partial charge is 0.283 e. The maximum absolute atomic E-state index is 12.3. The lowest BCUT2D eigenvalue weighted by Gasteiger charge is -2.34. The number of thiophene rings is 1. The molecule has 10 heteroatoms. The number of nitro groups is 1. The van der Waals surface area contributed by atoms with Crippen LogP contribution in [0.15, 0.2) is 11.4 Å². The van der Waals surface area contributed by atoms with Gasteiger partial charge in [-0.1, -0.05) is 0 Å². The van der Waals surface area contributed by atoms with Gasteiger partial charge in [0.2, 0.25) is 0 Å². The topological polar surface area (TPSA) is 97.6 Å². The molecule has 1 aliphatic heterocycles. The summed E-state index contributed by atoms with van der Waals surface area (Å²) in [5, 5.41) is 16.1. The number of rotatable bonds is 5. The molecular weight excluding hydrogens is 376 g/mol. The van der Waals surface area contributed by atoms with Crippen molar-refractivity contribution in [3.63, 3.8) is 0 Å². The van der Waals surface area contributed by atoms with Crippen molar-refractivity contribution in [3.8, 4) is 0 Å². The number of hydrogen-bond acceptors (Lipinski definition) is 8. The molecule has 1 N–H and O–H groups in total. The number of aromatic nitrogens is 1. The van der Waals surface area contributed by atoms with Crippen molar-refractivity contribution in [2.24, 2.45) is 0 Å². The number of carbonyl (C=O) groups is 1. The summed E-state index contributed by atoms with van der Waals surface area (Å²) in [5.74, 6) is -0.374. The van der Waals surface area contributed by atoms with Gasteiger partial charge in [0.25, 0.3) is 11.6 Å². The van der Waals surface area contributed by atoms with Crippen LogP contribution in [0.3, 0.4) is 0 Å². The van der Waals surface area contributed by atoms with E-state index in [-0.39, 0.29) is 23.8 Å². The molecule has 26 heavy (non-hydrogen) atoms. The van der Waals surface area contributed by atoms with Gasteiger partial charge in [-0.2, -0.15) is 0 Å². The number of carbonyl (C=O) groups excluding carboxylic acids is 1. The van der Waals surface area contributed by atoms with E-state index in [1.165, 1.54) is 17.4 Å². The molecule has 0 aromatic carbocycles. The van der Waals surface area contributed by atoms with Crippen molar-refractivity contribution >= 4 is 39.4 Å². The normalized spacial score (nSPS) is 20.9. The predicted octanol–water partition coefficient (Wildman–Crippen LogP) is 3.28. The molecule has 1 aliphatic rings. The largest absolute Gasteiger partial charge is 0.373 e. The minimum Gasteiger partial charge on any atom is -0.373 e. The Kier molecular flexibility index (Phi) is 5.66. The molecule has 1 amide bonds. The van der Waals surface area contributed by atoms with Gasteiger partial charge in [0.05, 0.1) is 32.6 Å². The van der Waals surface area contributed by atoms with Crippen molar-refractivity contribution in [2.75, 3.05) is 18.4 Å². The van der Waals surface area contributed by atoms with Crippen molar-refractivity contribution in [2.45, 2.75) is 39.5 Å². The average Bonchev–Trinajstić information content (AvgIpc) is 3.13. The number of aryl methyl sites for hydroxylation is 1. The van der Waals surface area contributed by atoms with Crippen LogP contribution in [0, 0.1) is 17.0 Å². The van der Waals surface area contributed by atoms with Gasteiger partial charge in [0.15, 0.2) is 5.13 Å². The number of amides is 1. The van der Waals surface area contributed by atoms with Crippen LogP contribution in [-0.4, -0.2) is 46.0 Å². The van der Waals surface area contributed by atoms with Crippen LogP contribution in [0.2, 0.25) is 0 Å². The fourth-order valence-electron chi connectivity index (χ4n) is 3.00. The third kappa shape index (κ3) is 4.44. The number of anilines is 1. The lowest BCUT2D eigenvalue weighted by molar-refractivity contribution is -0.385. The first-order chi connectivity index (χ1) is 12.3. The molecule has 140 valence electrons. The highest BCUT2D eigenvalue weighted by Gasteiger charge is 2.23. The summed E-state index contributed by atoms with van der Waals surface area (Å²) in [5.41, 5.74) is 0.857. The van der Waals surface area contributed by atoms with Gasteiger partial charge in [-0.05, 0) is 20.8 Å². The van der Waals surface area contributed by atoms with Gasteiger partial charge < -0.3 is 4.74 Å². The monoisotopic (exact) mass is 396 g/mol. The van der Waals surface area contributed by atoms with E-state index in [0.717, 1.165) is 30.1 Å². The van der Waals surface area contributed by atoms with Crippen molar-refractivity contribution in [1.82, 2.24) is 9.88 Å². The van der Waals surface area contributed by atoms with Crippen LogP contribution < -0.4 is 5.32 Å². The molecule has 3 heterocycles. The van der Waals surface area contributed by atoms with Crippen LogP contribution >= 0.6 is 22.7 Å². The quantitative estimate of drug-likeness (QED) is 0.615. The number of nitrogens with zero attached hydrogens (tertiary/aromatic N) is 3. The lowest BCUT2D eigenvalue weighted by Crippen LogP contribution is -2.44. The minimum absolute atomic E-state index is 0.0319. The fourth-order valence-corrected chi connectivity index (χ4v) is 4.58. The Labute approximate surface area is 159 Å². The Morgan fingerprint density at radius 1 is 1.46 bits per heavy atom. The number of ether oxygens (including phenoxy) is 1. The Hall–Kier alpha value is -1.88. The molecule has 2 atom stereocenters. The Bertz CT molecular complexity index is 809. The molecule has 3 rings (SSSR count). The molecule has 2 aromatic heterocycles. The summed E-state index contributed by atoms with van der Waals surface area (Å²) in [7, 11) is 0. The average molecular weight is 396 g/mol. The van der Waals surface area contributed by atoms with Gasteiger partial charge in [-0.25, -0.2) is 4.98 Å². The molecule has 0 saturated carbocycles. The van der Waals surface area contributed by atoms with Gasteiger partial charge in [-0.3, -0.25) is 25.1 Å². The maximum Gasteiger partial charge on any atom is 0.283 e. The summed E-state index contributed by atoms with van der Waals surface area (Å²) >= 11 is 2.46. The second kappa shape index (κ2) is 7.78. The van der Waals surface area contributed by atoms with Gasteiger partial charge in [-0.15, -0.1) is 22.7 Å². The Morgan fingerprint density at radius 3 is 2.77 bits per heavy atom. The summed E-state index contributed by atoms with van der Waals surface area (Å²) in [4.78, 5) is 30.3. The van der Waals surface area contributed by atoms with Gasteiger partial charge >= 0.3 is 0 Å². The van der Waals surface area contributed by atoms with Gasteiger partial charge in [0, 0.05) is 31.1 Å². The molecule has 0 aliphatic carbocycles. The molecule has 0 radical (unpaired) electrons. The fraction of sp³-hybridized carbons (Fsp3) is 0.500. The van der Waals surface area contributed by atoms with Crippen LogP contribution in [0.4, 0.5) is 10.8 Å². The van der Waals surface area contributed by atoms with Crippen molar-refractivity contribution in [1.29, 1.82) is 0 Å². The molecule has 1 fully saturated rings. The minimum atomic E-state index is -0.478. The van der Waals surface area contributed by atoms with E-state index in [1.54, 1.807) is 6.92 Å². The standard InChI is InChI=1S/C16H20N4O4S2/c1-9-5-19(6-10(2)24-9)7-12-8-25-16(17-12)18-15(21)14-4-13(20(22)23)11(3)26-14/h4,8-10H,5-7H2,1-3H3,(H,17,18,21). The highest BCUT2D eigenvalue weighted by Crippen LogP contribution is 2.29. The SMILES string of the molecule is Cc1sc(C(=O)Nc2nc(CN3CC(C)OC(C)C3)cs2)cc1[N+](=O)[O-]. The van der Waals surface area contributed by atoms with Crippen molar-refractivity contribution < 1.29 is 14.5 Å². The third-order valence-electron chi connectivity index (χ3n) is 3.97. The van der Waals surface area contributed by atoms with Crippen LogP contribution in [0.5, 0.6) is 0 Å². The summed E-state index contributed by atoms with van der Waals surface area (Å²) in [6, 6.07) is 1.31. The first-order valence-electron chi connectivity index (χ1n) is 8.20. The van der Waals surface area contributed by atoms with E-state index < -0.39 is 4.92 Å². The van der Waals surface area contributed by atoms with E-state index in [0.29, 0.717) is 21.4 Å². The molecule has 0 bridgehead atoms. The maximum atomic E-state index is 12.3. The van der Waals surface area contributed by atoms with E-state index in [2.05, 4.69) is 29.0 Å². The zero-order valence-electron chi connectivity index (χ0n) is 14.7. The molecular formula is C16H20N4O4S2. The van der Waals surface area contributed by atoms with E-state index in [1.807, 2.05) is 5.38 Å². The molecule has 2 unspecified atom stereocenters. The highest BCUT2D eigenvalue weighted by molar-refractivity contribution is 7.15. The Morgan fingerprint density at radius 2 is 2.15 bits per heavy atom. The predicted molar refractivity (Wildman–Crippen MR) is 101 cm³/mol. The summed E-state index contributed by atoms with van der Waals surface area (Å²) < 4.78 is 5.73. The first kappa shape index (κ1) is 18.9. The zero-order chi connectivity index (χ0) is 18.8. The molecule has 1 saturated heterocycles.